The number of nitrogens with zero attached hydrogens (tertiary/aromatic N) is 2. The van der Waals surface area contributed by atoms with Crippen LogP contribution < -0.4 is 21.5 Å². The average Bonchev–Trinajstić information content (AvgIpc) is 3.31. The molecule has 5 saturated heterocycles. The van der Waals surface area contributed by atoms with Crippen LogP contribution in [0, 0.1) is 11.8 Å². The molecule has 5 fully saturated rings. The molecule has 2 bridgehead atoms. The fraction of sp³-hybridized carbons (Fsp3) is 1.00. The van der Waals surface area contributed by atoms with Gasteiger partial charge in [-0.05, 0) is 32.2 Å². The topological polar surface area (TPSA) is 73.1 Å². The van der Waals surface area contributed by atoms with Crippen molar-refractivity contribution in [2.75, 3.05) is 45.9 Å². The minimum Gasteiger partial charge on any atom is -0.361 e. The molecule has 0 saturated carbocycles. The number of rotatable bonds is 0. The molecular formula is C18H33FN6O2. The van der Waals surface area contributed by atoms with Crippen molar-refractivity contribution in [3.8, 4) is 0 Å². The first-order chi connectivity index (χ1) is 13.3. The molecule has 0 radical (unpaired) electrons. The molecule has 5 aliphatic heterocycles. The molecular weight excluding hydrogens is 351 g/mol. The lowest BCUT2D eigenvalue weighted by Gasteiger charge is -2.47. The molecule has 0 aliphatic carbocycles. The van der Waals surface area contributed by atoms with Gasteiger partial charge in [-0.25, -0.2) is 14.9 Å². The van der Waals surface area contributed by atoms with E-state index in [2.05, 4.69) is 31.4 Å². The second-order valence-corrected chi connectivity index (χ2v) is 8.57. The van der Waals surface area contributed by atoms with Crippen LogP contribution in [0.2, 0.25) is 0 Å². The highest BCUT2D eigenvalue weighted by atomic mass is 19.1. The highest BCUT2D eigenvalue weighted by Gasteiger charge is 2.46. The predicted octanol–water partition coefficient (Wildman–Crippen LogP) is -0.642. The number of hydrogen-bond acceptors (Lipinski definition) is 8. The Morgan fingerprint density at radius 3 is 2.96 bits per heavy atom. The third kappa shape index (κ3) is 3.76. The number of hydroxylamine groups is 1. The maximum atomic E-state index is 14.3. The molecule has 5 rings (SSSR count). The van der Waals surface area contributed by atoms with Crippen LogP contribution in [0.1, 0.15) is 25.7 Å². The second-order valence-electron chi connectivity index (χ2n) is 8.57. The first kappa shape index (κ1) is 18.6. The van der Waals surface area contributed by atoms with Gasteiger partial charge in [0.05, 0.1) is 25.5 Å². The van der Waals surface area contributed by atoms with Gasteiger partial charge in [-0.15, -0.1) is 0 Å². The van der Waals surface area contributed by atoms with Gasteiger partial charge in [0.2, 0.25) is 0 Å². The Balaban J connectivity index is 1.37. The van der Waals surface area contributed by atoms with Crippen LogP contribution in [0.4, 0.5) is 4.39 Å². The van der Waals surface area contributed by atoms with Crippen molar-refractivity contribution in [2.24, 2.45) is 11.8 Å². The number of hydrazine groups is 1. The van der Waals surface area contributed by atoms with Gasteiger partial charge in [-0.1, -0.05) is 0 Å². The lowest BCUT2D eigenvalue weighted by molar-refractivity contribution is -0.102. The van der Waals surface area contributed by atoms with E-state index in [-0.39, 0.29) is 12.1 Å². The van der Waals surface area contributed by atoms with Gasteiger partial charge >= 0.3 is 0 Å². The zero-order valence-corrected chi connectivity index (χ0v) is 15.9. The molecule has 0 aromatic rings. The van der Waals surface area contributed by atoms with E-state index in [4.69, 9.17) is 9.57 Å². The molecule has 27 heavy (non-hydrogen) atoms. The summed E-state index contributed by atoms with van der Waals surface area (Å²) in [4.78, 5) is 8.21. The highest BCUT2D eigenvalue weighted by molar-refractivity contribution is 4.98. The summed E-state index contributed by atoms with van der Waals surface area (Å²) >= 11 is 0. The Bertz CT molecular complexity index is 516. The van der Waals surface area contributed by atoms with Gasteiger partial charge in [0, 0.05) is 44.1 Å². The minimum absolute atomic E-state index is 0.0878. The number of nitrogens with one attached hydrogen (secondary N) is 4. The van der Waals surface area contributed by atoms with Crippen LogP contribution in [-0.4, -0.2) is 86.6 Å². The molecule has 5 heterocycles. The van der Waals surface area contributed by atoms with Crippen molar-refractivity contribution < 1.29 is 14.0 Å². The van der Waals surface area contributed by atoms with Crippen molar-refractivity contribution in [3.05, 3.63) is 0 Å². The van der Waals surface area contributed by atoms with Crippen molar-refractivity contribution in [1.82, 2.24) is 31.4 Å². The zero-order valence-electron chi connectivity index (χ0n) is 15.9. The van der Waals surface area contributed by atoms with Crippen LogP contribution in [0.3, 0.4) is 0 Å². The SMILES string of the molecule is FC1CNC2OCCONCC3CNN4CCC(NC34)N3CCC[C@@H]3C2C1. The molecule has 8 nitrogen and oxygen atoms in total. The van der Waals surface area contributed by atoms with E-state index in [1.165, 1.54) is 6.42 Å². The van der Waals surface area contributed by atoms with Crippen LogP contribution >= 0.6 is 0 Å². The van der Waals surface area contributed by atoms with Gasteiger partial charge in [0.15, 0.2) is 0 Å². The Labute approximate surface area is 160 Å². The summed E-state index contributed by atoms with van der Waals surface area (Å²) < 4.78 is 20.4. The fourth-order valence-electron chi connectivity index (χ4n) is 5.69. The van der Waals surface area contributed by atoms with Crippen LogP contribution in [-0.2, 0) is 9.57 Å². The first-order valence-corrected chi connectivity index (χ1v) is 10.7. The molecule has 6 unspecified atom stereocenters. The van der Waals surface area contributed by atoms with Gasteiger partial charge in [-0.2, -0.15) is 0 Å². The summed E-state index contributed by atoms with van der Waals surface area (Å²) in [7, 11) is 0. The normalized spacial score (nSPS) is 47.2. The Morgan fingerprint density at radius 2 is 2.00 bits per heavy atom. The van der Waals surface area contributed by atoms with E-state index < -0.39 is 6.17 Å². The lowest BCUT2D eigenvalue weighted by Crippen LogP contribution is -2.65. The second kappa shape index (κ2) is 8.16. The van der Waals surface area contributed by atoms with Crippen LogP contribution in [0.15, 0.2) is 0 Å². The Kier molecular flexibility index (Phi) is 5.63. The molecule has 0 spiro atoms. The van der Waals surface area contributed by atoms with Crippen molar-refractivity contribution in [2.45, 2.75) is 56.5 Å². The Hall–Kier alpha value is -0.390. The standard InChI is InChI=1S/C18H33FN6O2/c19-13-8-14-15-2-1-4-24(15)16-3-5-25-17(23-16)12(9-21-25)10-22-27-7-6-26-18(14)20-11-13/h12-18,20-23H,1-11H2/t12?,13?,14?,15-,16?,17?,18?/m1/s1. The lowest BCUT2D eigenvalue weighted by atomic mass is 9.87. The third-order valence-corrected chi connectivity index (χ3v) is 6.97. The summed E-state index contributed by atoms with van der Waals surface area (Å²) in [6.45, 7) is 5.31. The molecule has 5 aliphatic rings. The van der Waals surface area contributed by atoms with Crippen molar-refractivity contribution >= 4 is 0 Å². The number of alkyl halides is 1. The minimum atomic E-state index is -0.785. The summed E-state index contributed by atoms with van der Waals surface area (Å²) in [5.74, 6) is 0.640. The van der Waals surface area contributed by atoms with Gasteiger partial charge in [0.1, 0.15) is 12.4 Å². The third-order valence-electron chi connectivity index (χ3n) is 6.97. The molecule has 0 aromatic heterocycles. The first-order valence-electron chi connectivity index (χ1n) is 10.7. The fourth-order valence-corrected chi connectivity index (χ4v) is 5.69. The zero-order chi connectivity index (χ0) is 18.2. The van der Waals surface area contributed by atoms with Gasteiger partial charge < -0.3 is 4.74 Å². The van der Waals surface area contributed by atoms with Crippen LogP contribution in [0.5, 0.6) is 0 Å². The van der Waals surface area contributed by atoms with Crippen molar-refractivity contribution in [1.29, 1.82) is 0 Å². The summed E-state index contributed by atoms with van der Waals surface area (Å²) in [6.07, 6.45) is 3.78. The number of halogens is 1. The number of hydrogen-bond donors (Lipinski definition) is 4. The molecule has 0 amide bonds. The average molecular weight is 385 g/mol. The smallest absolute Gasteiger partial charge is 0.113 e. The van der Waals surface area contributed by atoms with Gasteiger partial charge in [-0.3, -0.25) is 25.8 Å². The van der Waals surface area contributed by atoms with E-state index in [9.17, 15) is 4.39 Å². The van der Waals surface area contributed by atoms with E-state index in [1.807, 2.05) is 0 Å². The van der Waals surface area contributed by atoms with Gasteiger partial charge in [0.25, 0.3) is 0 Å². The number of piperidine rings is 1. The maximum absolute atomic E-state index is 14.3. The predicted molar refractivity (Wildman–Crippen MR) is 98.0 cm³/mol. The highest BCUT2D eigenvalue weighted by Crippen LogP contribution is 2.35. The summed E-state index contributed by atoms with van der Waals surface area (Å²) in [6, 6.07) is 0.375. The molecule has 7 atom stereocenters. The monoisotopic (exact) mass is 384 g/mol. The maximum Gasteiger partial charge on any atom is 0.113 e. The molecule has 154 valence electrons. The molecule has 0 aromatic carbocycles. The number of fused-ring (bicyclic) bond motifs is 5. The summed E-state index contributed by atoms with van der Waals surface area (Å²) in [5.41, 5.74) is 6.64. The quantitative estimate of drug-likeness (QED) is 0.440. The van der Waals surface area contributed by atoms with E-state index >= 15 is 0 Å². The van der Waals surface area contributed by atoms with E-state index in [0.717, 1.165) is 39.0 Å². The van der Waals surface area contributed by atoms with Crippen LogP contribution in [0.25, 0.3) is 0 Å². The Morgan fingerprint density at radius 1 is 1.04 bits per heavy atom. The van der Waals surface area contributed by atoms with Crippen molar-refractivity contribution in [3.63, 3.8) is 0 Å². The molecule has 9 heteroatoms. The largest absolute Gasteiger partial charge is 0.361 e. The molecule has 4 N–H and O–H groups in total. The van der Waals surface area contributed by atoms with E-state index in [1.54, 1.807) is 0 Å². The van der Waals surface area contributed by atoms with E-state index in [0.29, 0.717) is 50.5 Å². The number of ether oxygens (including phenoxy) is 1. The summed E-state index contributed by atoms with van der Waals surface area (Å²) in [5, 5.41) is 9.53.